The first-order valence-corrected chi connectivity index (χ1v) is 6.48. The van der Waals surface area contributed by atoms with E-state index >= 15 is 0 Å². The number of hydrogen-bond acceptors (Lipinski definition) is 2. The molecule has 2 aromatic rings. The van der Waals surface area contributed by atoms with Gasteiger partial charge >= 0.3 is 5.97 Å². The van der Waals surface area contributed by atoms with Crippen molar-refractivity contribution < 1.29 is 18.7 Å². The maximum absolute atomic E-state index is 13.4. The van der Waals surface area contributed by atoms with Crippen LogP contribution in [0.25, 0.3) is 0 Å². The van der Waals surface area contributed by atoms with Gasteiger partial charge in [-0.25, -0.2) is 13.6 Å². The molecular weight excluding hydrogens is 332 g/mol. The van der Waals surface area contributed by atoms with Crippen molar-refractivity contribution in [1.82, 2.24) is 0 Å². The Kier molecular flexibility index (Phi) is 4.34. The minimum atomic E-state index is -1.04. The molecule has 3 nitrogen and oxygen atoms in total. The summed E-state index contributed by atoms with van der Waals surface area (Å²) in [6.45, 7) is 0.165. The number of halogens is 3. The number of aromatic carboxylic acids is 1. The number of para-hydroxylation sites is 1. The molecule has 0 radical (unpaired) electrons. The molecule has 0 aliphatic rings. The highest BCUT2D eigenvalue weighted by atomic mass is 79.9. The van der Waals surface area contributed by atoms with Crippen molar-refractivity contribution in [3.8, 4) is 0 Å². The average molecular weight is 342 g/mol. The second kappa shape index (κ2) is 6.00. The van der Waals surface area contributed by atoms with E-state index in [0.717, 1.165) is 12.1 Å². The summed E-state index contributed by atoms with van der Waals surface area (Å²) >= 11 is 3.24. The van der Waals surface area contributed by atoms with Crippen LogP contribution in [0.15, 0.2) is 40.9 Å². The van der Waals surface area contributed by atoms with E-state index in [1.165, 1.54) is 18.2 Å². The Morgan fingerprint density at radius 3 is 2.40 bits per heavy atom. The van der Waals surface area contributed by atoms with E-state index < -0.39 is 17.6 Å². The van der Waals surface area contributed by atoms with Crippen molar-refractivity contribution >= 4 is 27.6 Å². The molecule has 0 atom stereocenters. The van der Waals surface area contributed by atoms with Gasteiger partial charge in [0.25, 0.3) is 0 Å². The van der Waals surface area contributed by atoms with Crippen LogP contribution in [-0.2, 0) is 6.54 Å². The number of anilines is 1. The summed E-state index contributed by atoms with van der Waals surface area (Å²) in [6.07, 6.45) is 0. The van der Waals surface area contributed by atoms with Crippen LogP contribution in [0.3, 0.4) is 0 Å². The van der Waals surface area contributed by atoms with E-state index in [1.807, 2.05) is 0 Å². The lowest BCUT2D eigenvalue weighted by molar-refractivity contribution is 0.0697. The third kappa shape index (κ3) is 3.14. The molecule has 0 aliphatic heterocycles. The summed E-state index contributed by atoms with van der Waals surface area (Å²) in [5, 5.41) is 11.5. The van der Waals surface area contributed by atoms with Gasteiger partial charge in [0.1, 0.15) is 17.3 Å². The normalized spacial score (nSPS) is 10.3. The van der Waals surface area contributed by atoms with Gasteiger partial charge < -0.3 is 10.4 Å². The van der Waals surface area contributed by atoms with Crippen LogP contribution < -0.4 is 5.32 Å². The fraction of sp³-hybridized carbons (Fsp3) is 0.0714. The Bertz CT molecular complexity index is 641. The first kappa shape index (κ1) is 14.5. The number of nitrogens with one attached hydrogen (secondary N) is 1. The fourth-order valence-electron chi connectivity index (χ4n) is 1.67. The lowest BCUT2D eigenvalue weighted by Crippen LogP contribution is -2.05. The molecule has 0 bridgehead atoms. The zero-order chi connectivity index (χ0) is 14.7. The van der Waals surface area contributed by atoms with Crippen LogP contribution in [-0.4, -0.2) is 11.1 Å². The van der Waals surface area contributed by atoms with Crippen molar-refractivity contribution in [2.24, 2.45) is 0 Å². The number of rotatable bonds is 4. The van der Waals surface area contributed by atoms with E-state index in [0.29, 0.717) is 10.0 Å². The van der Waals surface area contributed by atoms with E-state index in [-0.39, 0.29) is 17.8 Å². The zero-order valence-corrected chi connectivity index (χ0v) is 11.7. The second-order valence-corrected chi connectivity index (χ2v) is 4.92. The molecule has 0 saturated carbocycles. The van der Waals surface area contributed by atoms with Crippen LogP contribution in [0.4, 0.5) is 14.5 Å². The fourth-order valence-corrected chi connectivity index (χ4v) is 2.19. The smallest absolute Gasteiger partial charge is 0.335 e. The molecule has 2 N–H and O–H groups in total. The molecule has 0 spiro atoms. The van der Waals surface area contributed by atoms with Crippen LogP contribution >= 0.6 is 15.9 Å². The van der Waals surface area contributed by atoms with Gasteiger partial charge in [-0.2, -0.15) is 0 Å². The molecule has 0 fully saturated rings. The van der Waals surface area contributed by atoms with E-state index in [4.69, 9.17) is 5.11 Å². The number of carboxylic acid groups (broad SMARTS) is 1. The molecule has 104 valence electrons. The highest BCUT2D eigenvalue weighted by Crippen LogP contribution is 2.22. The standard InChI is InChI=1S/C14H10BrF2NO2/c15-10-6-8(14(19)20)4-5-9(10)7-18-13-11(16)2-1-3-12(13)17/h1-6,18H,7H2,(H,19,20). The molecule has 0 heterocycles. The Hall–Kier alpha value is -1.95. The number of carboxylic acids is 1. The molecule has 0 aromatic heterocycles. The quantitative estimate of drug-likeness (QED) is 0.882. The molecular formula is C14H10BrF2NO2. The van der Waals surface area contributed by atoms with Crippen LogP contribution in [0.2, 0.25) is 0 Å². The Labute approximate surface area is 122 Å². The third-order valence-corrected chi connectivity index (χ3v) is 3.46. The topological polar surface area (TPSA) is 49.3 Å². The number of benzene rings is 2. The highest BCUT2D eigenvalue weighted by Gasteiger charge is 2.10. The minimum Gasteiger partial charge on any atom is -0.478 e. The molecule has 20 heavy (non-hydrogen) atoms. The minimum absolute atomic E-state index is 0.137. The first-order valence-electron chi connectivity index (χ1n) is 5.68. The van der Waals surface area contributed by atoms with Crippen molar-refractivity contribution in [1.29, 1.82) is 0 Å². The summed E-state index contributed by atoms with van der Waals surface area (Å²) in [5.74, 6) is -2.39. The molecule has 0 saturated heterocycles. The van der Waals surface area contributed by atoms with E-state index in [1.54, 1.807) is 6.07 Å². The maximum Gasteiger partial charge on any atom is 0.335 e. The van der Waals surface area contributed by atoms with Crippen LogP contribution in [0.5, 0.6) is 0 Å². The lowest BCUT2D eigenvalue weighted by atomic mass is 10.1. The summed E-state index contributed by atoms with van der Waals surface area (Å²) in [4.78, 5) is 10.8. The van der Waals surface area contributed by atoms with Gasteiger partial charge in [-0.05, 0) is 29.8 Å². The van der Waals surface area contributed by atoms with Crippen molar-refractivity contribution in [2.45, 2.75) is 6.54 Å². The second-order valence-electron chi connectivity index (χ2n) is 4.06. The summed E-state index contributed by atoms with van der Waals surface area (Å²) in [5.41, 5.74) is 0.622. The van der Waals surface area contributed by atoms with Crippen molar-refractivity contribution in [3.63, 3.8) is 0 Å². The average Bonchev–Trinajstić information content (AvgIpc) is 2.39. The first-order chi connectivity index (χ1) is 9.49. The van der Waals surface area contributed by atoms with E-state index in [2.05, 4.69) is 21.2 Å². The largest absolute Gasteiger partial charge is 0.478 e. The van der Waals surface area contributed by atoms with Crippen LogP contribution in [0.1, 0.15) is 15.9 Å². The van der Waals surface area contributed by atoms with Crippen LogP contribution in [0, 0.1) is 11.6 Å². The van der Waals surface area contributed by atoms with Gasteiger partial charge in [0.05, 0.1) is 5.56 Å². The molecule has 2 rings (SSSR count). The molecule has 6 heteroatoms. The molecule has 2 aromatic carbocycles. The molecule has 0 unspecified atom stereocenters. The number of carbonyl (C=O) groups is 1. The summed E-state index contributed by atoms with van der Waals surface area (Å²) in [6, 6.07) is 8.06. The number of hydrogen-bond donors (Lipinski definition) is 2. The molecule has 0 aliphatic carbocycles. The zero-order valence-electron chi connectivity index (χ0n) is 10.2. The van der Waals surface area contributed by atoms with Crippen molar-refractivity contribution in [2.75, 3.05) is 5.32 Å². The van der Waals surface area contributed by atoms with Gasteiger partial charge in [-0.3, -0.25) is 0 Å². The van der Waals surface area contributed by atoms with Gasteiger partial charge in [-0.15, -0.1) is 0 Å². The molecule has 0 amide bonds. The summed E-state index contributed by atoms with van der Waals surface area (Å²) < 4.78 is 27.4. The monoisotopic (exact) mass is 341 g/mol. The van der Waals surface area contributed by atoms with E-state index in [9.17, 15) is 13.6 Å². The third-order valence-electron chi connectivity index (χ3n) is 2.72. The van der Waals surface area contributed by atoms with Gasteiger partial charge in [0, 0.05) is 11.0 Å². The van der Waals surface area contributed by atoms with Crippen molar-refractivity contribution in [3.05, 3.63) is 63.6 Å². The highest BCUT2D eigenvalue weighted by molar-refractivity contribution is 9.10. The predicted molar refractivity (Wildman–Crippen MR) is 74.8 cm³/mol. The Morgan fingerprint density at radius 1 is 1.20 bits per heavy atom. The summed E-state index contributed by atoms with van der Waals surface area (Å²) in [7, 11) is 0. The van der Waals surface area contributed by atoms with Gasteiger partial charge in [0.15, 0.2) is 0 Å². The maximum atomic E-state index is 13.4. The SMILES string of the molecule is O=C(O)c1ccc(CNc2c(F)cccc2F)c(Br)c1. The van der Waals surface area contributed by atoms with Gasteiger partial charge in [0.2, 0.25) is 0 Å². The Morgan fingerprint density at radius 2 is 1.85 bits per heavy atom. The lowest BCUT2D eigenvalue weighted by Gasteiger charge is -2.10. The predicted octanol–water partition coefficient (Wildman–Crippen LogP) is 4.04. The Balaban J connectivity index is 2.17. The van der Waals surface area contributed by atoms with Gasteiger partial charge in [-0.1, -0.05) is 28.1 Å².